The van der Waals surface area contributed by atoms with E-state index in [0.29, 0.717) is 12.1 Å². The molecule has 6 atom stereocenters. The quantitative estimate of drug-likeness (QED) is 0.237. The lowest BCUT2D eigenvalue weighted by Crippen LogP contribution is -2.44. The highest BCUT2D eigenvalue weighted by Gasteiger charge is 2.46. The van der Waals surface area contributed by atoms with Crippen LogP contribution in [0.3, 0.4) is 0 Å². The fraction of sp³-hybridized carbons (Fsp3) is 0.487. The lowest BCUT2D eigenvalue weighted by atomic mass is 9.72. The smallest absolute Gasteiger partial charge is 0.0510 e. The van der Waals surface area contributed by atoms with Crippen LogP contribution in [0.1, 0.15) is 80.6 Å². The van der Waals surface area contributed by atoms with Gasteiger partial charge in [0, 0.05) is 59.4 Å². The highest BCUT2D eigenvalue weighted by molar-refractivity contribution is 5.86. The first-order valence-corrected chi connectivity index (χ1v) is 17.2. The van der Waals surface area contributed by atoms with E-state index >= 15 is 0 Å². The summed E-state index contributed by atoms with van der Waals surface area (Å²) in [6, 6.07) is 19.1. The fourth-order valence-electron chi connectivity index (χ4n) is 10.5. The number of piperidine rings is 2. The Labute approximate surface area is 256 Å². The maximum absolute atomic E-state index is 3.90. The normalized spacial score (nSPS) is 33.2. The van der Waals surface area contributed by atoms with Crippen molar-refractivity contribution in [2.24, 2.45) is 23.7 Å². The standard InChI is InChI=1S/C39H46N4/c1-3-24-22-42-17-15-30-28-9-5-7-11-34(28)40-38(30)36(42)20-32(24)26-13-14-27(19-26)33-21-37-39-31(16-18-43(37)23-25(33)4-2)29-10-6-8-12-35(29)41-39/h3-12,26-27,32-33,36-37,40-41H,13-23H2,1-2H3/b24-3+,25-4?/t26?,27?,32-,33-,36-,37-/m0/s1. The Kier molecular flexibility index (Phi) is 6.27. The van der Waals surface area contributed by atoms with Gasteiger partial charge < -0.3 is 9.97 Å². The van der Waals surface area contributed by atoms with Gasteiger partial charge in [-0.3, -0.25) is 9.80 Å². The van der Waals surface area contributed by atoms with Gasteiger partial charge in [0.05, 0.1) is 12.1 Å². The molecule has 2 aromatic heterocycles. The minimum absolute atomic E-state index is 0.543. The summed E-state index contributed by atoms with van der Waals surface area (Å²) in [6.45, 7) is 9.32. The van der Waals surface area contributed by atoms with Gasteiger partial charge in [0.25, 0.3) is 0 Å². The summed E-state index contributed by atoms with van der Waals surface area (Å²) in [6.07, 6.45) is 14.1. The van der Waals surface area contributed by atoms with Crippen molar-refractivity contribution >= 4 is 21.8 Å². The first kappa shape index (κ1) is 26.3. The third-order valence-electron chi connectivity index (χ3n) is 12.6. The minimum Gasteiger partial charge on any atom is -0.357 e. The van der Waals surface area contributed by atoms with E-state index in [1.54, 1.807) is 22.3 Å². The lowest BCUT2D eigenvalue weighted by Gasteiger charge is -2.46. The van der Waals surface area contributed by atoms with Crippen molar-refractivity contribution in [1.82, 2.24) is 19.8 Å². The zero-order valence-electron chi connectivity index (χ0n) is 25.9. The maximum atomic E-state index is 3.90. The molecular weight excluding hydrogens is 524 g/mol. The predicted molar refractivity (Wildman–Crippen MR) is 177 cm³/mol. The van der Waals surface area contributed by atoms with Crippen LogP contribution in [0.2, 0.25) is 0 Å². The number of H-pyrrole nitrogens is 2. The van der Waals surface area contributed by atoms with E-state index in [4.69, 9.17) is 0 Å². The number of para-hydroxylation sites is 2. The number of hydrogen-bond acceptors (Lipinski definition) is 2. The SMILES string of the molecule is CC=C1CN2CCc3c([nH]c4ccccc34)[C@@H]2C[C@@H]1C1CCC([C@H]2C[C@H]3c4[nH]c5ccccc5c4CCN3C/C2=C\C)C1. The zero-order valence-corrected chi connectivity index (χ0v) is 25.9. The Bertz CT molecular complexity index is 1620. The van der Waals surface area contributed by atoms with Gasteiger partial charge in [-0.2, -0.15) is 0 Å². The summed E-state index contributed by atoms with van der Waals surface area (Å²) in [5.41, 5.74) is 12.3. The highest BCUT2D eigenvalue weighted by atomic mass is 15.2. The van der Waals surface area contributed by atoms with Gasteiger partial charge >= 0.3 is 0 Å². The minimum atomic E-state index is 0.543. The third kappa shape index (κ3) is 4.09. The molecule has 0 radical (unpaired) electrons. The molecule has 0 spiro atoms. The van der Waals surface area contributed by atoms with Gasteiger partial charge in [-0.15, -0.1) is 0 Å². The average Bonchev–Trinajstić information content (AvgIpc) is 3.79. The van der Waals surface area contributed by atoms with Gasteiger partial charge in [0.15, 0.2) is 0 Å². The molecule has 1 aliphatic carbocycles. The molecule has 5 aliphatic rings. The second-order valence-corrected chi connectivity index (χ2v) is 14.3. The van der Waals surface area contributed by atoms with Gasteiger partial charge in [-0.05, 0) is 106 Å². The summed E-state index contributed by atoms with van der Waals surface area (Å²) < 4.78 is 0. The van der Waals surface area contributed by atoms with E-state index < -0.39 is 0 Å². The molecule has 2 aromatic carbocycles. The lowest BCUT2D eigenvalue weighted by molar-refractivity contribution is 0.107. The van der Waals surface area contributed by atoms with E-state index in [1.807, 2.05) is 0 Å². The molecule has 222 valence electrons. The number of nitrogens with one attached hydrogen (secondary N) is 2. The van der Waals surface area contributed by atoms with E-state index in [-0.39, 0.29) is 0 Å². The molecule has 4 aromatic rings. The molecule has 0 amide bonds. The van der Waals surface area contributed by atoms with Crippen molar-refractivity contribution in [1.29, 1.82) is 0 Å². The van der Waals surface area contributed by atoms with Crippen LogP contribution in [-0.4, -0.2) is 45.9 Å². The van der Waals surface area contributed by atoms with Crippen molar-refractivity contribution in [3.05, 3.63) is 94.3 Å². The summed E-state index contributed by atoms with van der Waals surface area (Å²) in [7, 11) is 0. The maximum Gasteiger partial charge on any atom is 0.0510 e. The number of hydrogen-bond donors (Lipinski definition) is 2. The van der Waals surface area contributed by atoms with Crippen molar-refractivity contribution in [3.63, 3.8) is 0 Å². The molecule has 4 aliphatic heterocycles. The van der Waals surface area contributed by atoms with Crippen molar-refractivity contribution in [2.45, 2.75) is 70.9 Å². The molecule has 9 rings (SSSR count). The second kappa shape index (κ2) is 10.2. The topological polar surface area (TPSA) is 38.1 Å². The summed E-state index contributed by atoms with van der Waals surface area (Å²) >= 11 is 0. The van der Waals surface area contributed by atoms with E-state index in [9.17, 15) is 0 Å². The third-order valence-corrected chi connectivity index (χ3v) is 12.6. The second-order valence-electron chi connectivity index (χ2n) is 14.3. The van der Waals surface area contributed by atoms with E-state index in [0.717, 1.165) is 36.8 Å². The fourth-order valence-corrected chi connectivity index (χ4v) is 10.5. The van der Waals surface area contributed by atoms with Gasteiger partial charge in [-0.25, -0.2) is 0 Å². The number of rotatable bonds is 2. The molecule has 4 nitrogen and oxygen atoms in total. The highest BCUT2D eigenvalue weighted by Crippen LogP contribution is 2.53. The van der Waals surface area contributed by atoms with Crippen LogP contribution in [-0.2, 0) is 12.8 Å². The molecule has 2 unspecified atom stereocenters. The monoisotopic (exact) mass is 570 g/mol. The number of nitrogens with zero attached hydrogens (tertiary/aromatic N) is 2. The van der Waals surface area contributed by atoms with Crippen LogP contribution in [0.15, 0.2) is 71.8 Å². The van der Waals surface area contributed by atoms with Crippen LogP contribution < -0.4 is 0 Å². The Morgan fingerprint density at radius 2 is 1.09 bits per heavy atom. The van der Waals surface area contributed by atoms with E-state index in [2.05, 4.69) is 94.3 Å². The molecule has 0 bridgehead atoms. The van der Waals surface area contributed by atoms with Crippen LogP contribution in [0.5, 0.6) is 0 Å². The zero-order chi connectivity index (χ0) is 28.7. The Morgan fingerprint density at radius 3 is 1.56 bits per heavy atom. The average molecular weight is 571 g/mol. The van der Waals surface area contributed by atoms with Crippen LogP contribution in [0.25, 0.3) is 21.8 Å². The molecule has 1 saturated carbocycles. The van der Waals surface area contributed by atoms with Gasteiger partial charge in [0.1, 0.15) is 0 Å². The van der Waals surface area contributed by atoms with Gasteiger partial charge in [-0.1, -0.05) is 59.7 Å². The van der Waals surface area contributed by atoms with Crippen LogP contribution in [0.4, 0.5) is 0 Å². The molecule has 2 saturated heterocycles. The molecule has 2 N–H and O–H groups in total. The number of aromatic nitrogens is 2. The summed E-state index contributed by atoms with van der Waals surface area (Å²) in [4.78, 5) is 13.4. The first-order valence-electron chi connectivity index (χ1n) is 17.2. The molecule has 43 heavy (non-hydrogen) atoms. The molecular formula is C39H46N4. The Balaban J connectivity index is 0.977. The van der Waals surface area contributed by atoms with Gasteiger partial charge in [0.2, 0.25) is 0 Å². The summed E-state index contributed by atoms with van der Waals surface area (Å²) in [5.74, 6) is 3.08. The van der Waals surface area contributed by atoms with Crippen molar-refractivity contribution in [3.8, 4) is 0 Å². The largest absolute Gasteiger partial charge is 0.357 e. The number of allylic oxidation sites excluding steroid dienone is 2. The van der Waals surface area contributed by atoms with Crippen molar-refractivity contribution < 1.29 is 0 Å². The van der Waals surface area contributed by atoms with Crippen LogP contribution >= 0.6 is 0 Å². The first-order chi connectivity index (χ1) is 21.2. The molecule has 3 fully saturated rings. The summed E-state index contributed by atoms with van der Waals surface area (Å²) in [5, 5.41) is 2.91. The number of aromatic amines is 2. The number of benzene rings is 2. The molecule has 6 heterocycles. The predicted octanol–water partition coefficient (Wildman–Crippen LogP) is 8.50. The van der Waals surface area contributed by atoms with Crippen molar-refractivity contribution in [2.75, 3.05) is 26.2 Å². The Morgan fingerprint density at radius 1 is 0.628 bits per heavy atom. The number of fused-ring (bicyclic) bond motifs is 10. The van der Waals surface area contributed by atoms with E-state index in [1.165, 1.54) is 91.2 Å². The van der Waals surface area contributed by atoms with Crippen LogP contribution in [0, 0.1) is 23.7 Å². The molecule has 4 heteroatoms. The Hall–Kier alpha value is -3.08.